The number of carboxylic acids is 1. The Morgan fingerprint density at radius 3 is 2.76 bits per heavy atom. The van der Waals surface area contributed by atoms with E-state index in [-0.39, 0.29) is 18.7 Å². The Kier molecular flexibility index (Phi) is 6.00. The highest BCUT2D eigenvalue weighted by atomic mass is 35.5. The number of nitrogens with zero attached hydrogens (tertiary/aromatic N) is 3. The van der Waals surface area contributed by atoms with Gasteiger partial charge in [0.1, 0.15) is 12.1 Å². The van der Waals surface area contributed by atoms with E-state index in [1.165, 1.54) is 7.11 Å². The van der Waals surface area contributed by atoms with Crippen LogP contribution in [0, 0.1) is 10.1 Å². The normalized spacial score (nSPS) is 10.2. The van der Waals surface area contributed by atoms with Crippen molar-refractivity contribution in [1.82, 2.24) is 9.88 Å². The minimum Gasteiger partial charge on any atom is -0.480 e. The zero-order valence-electron chi connectivity index (χ0n) is 11.0. The van der Waals surface area contributed by atoms with Crippen LogP contribution in [0.5, 0.6) is 0 Å². The van der Waals surface area contributed by atoms with Crippen LogP contribution < -0.4 is 0 Å². The maximum atomic E-state index is 12.3. The molecule has 10 heteroatoms. The Bertz CT molecular complexity index is 565. The van der Waals surface area contributed by atoms with E-state index in [0.717, 1.165) is 17.2 Å². The Morgan fingerprint density at radius 1 is 1.57 bits per heavy atom. The summed E-state index contributed by atoms with van der Waals surface area (Å²) in [6.07, 6.45) is 1.14. The molecule has 1 rings (SSSR count). The molecule has 0 fully saturated rings. The molecule has 1 aromatic heterocycles. The van der Waals surface area contributed by atoms with Crippen LogP contribution in [0.15, 0.2) is 12.3 Å². The van der Waals surface area contributed by atoms with Crippen LogP contribution in [0.1, 0.15) is 10.4 Å². The summed E-state index contributed by atoms with van der Waals surface area (Å²) < 4.78 is 4.78. The van der Waals surface area contributed by atoms with Gasteiger partial charge in [0.2, 0.25) is 5.15 Å². The second-order valence-corrected chi connectivity index (χ2v) is 4.23. The molecule has 0 aliphatic rings. The van der Waals surface area contributed by atoms with E-state index in [4.69, 9.17) is 21.4 Å². The molecule has 1 heterocycles. The minimum absolute atomic E-state index is 0.0290. The van der Waals surface area contributed by atoms with Crippen molar-refractivity contribution in [2.45, 2.75) is 0 Å². The van der Waals surface area contributed by atoms with Gasteiger partial charge in [0.15, 0.2) is 0 Å². The Balaban J connectivity index is 3.16. The summed E-state index contributed by atoms with van der Waals surface area (Å²) in [4.78, 5) is 37.7. The van der Waals surface area contributed by atoms with Gasteiger partial charge in [-0.05, 0) is 6.07 Å². The third-order valence-electron chi connectivity index (χ3n) is 2.47. The summed E-state index contributed by atoms with van der Waals surface area (Å²) >= 11 is 5.62. The molecule has 1 amide bonds. The monoisotopic (exact) mass is 317 g/mol. The molecule has 1 N–H and O–H groups in total. The van der Waals surface area contributed by atoms with Gasteiger partial charge in [-0.25, -0.2) is 4.98 Å². The Hall–Kier alpha value is -2.26. The molecule has 0 saturated carbocycles. The van der Waals surface area contributed by atoms with Gasteiger partial charge in [-0.1, -0.05) is 11.6 Å². The quantitative estimate of drug-likeness (QED) is 0.448. The molecule has 0 unspecified atom stereocenters. The van der Waals surface area contributed by atoms with Gasteiger partial charge < -0.3 is 14.7 Å². The Morgan fingerprint density at radius 2 is 2.24 bits per heavy atom. The molecule has 114 valence electrons. The zero-order chi connectivity index (χ0) is 16.0. The number of carboxylic acid groups (broad SMARTS) is 1. The fourth-order valence-corrected chi connectivity index (χ4v) is 1.79. The standard InChI is InChI=1S/C11H12ClN3O6/c1-21-5-4-14(6-8(16)17)11(18)7-2-3-13-10(12)9(7)15(19)20/h2-3H,4-6H2,1H3,(H,16,17). The van der Waals surface area contributed by atoms with Crippen molar-refractivity contribution in [3.63, 3.8) is 0 Å². The summed E-state index contributed by atoms with van der Waals surface area (Å²) in [6.45, 7) is -0.552. The predicted octanol–water partition coefficient (Wildman–Crippen LogP) is 0.816. The van der Waals surface area contributed by atoms with Crippen molar-refractivity contribution in [1.29, 1.82) is 0 Å². The van der Waals surface area contributed by atoms with Crippen molar-refractivity contribution in [3.8, 4) is 0 Å². The van der Waals surface area contributed by atoms with Crippen LogP contribution in [0.4, 0.5) is 5.69 Å². The van der Waals surface area contributed by atoms with Crippen LogP contribution in [0.2, 0.25) is 5.15 Å². The summed E-state index contributed by atoms with van der Waals surface area (Å²) in [5.41, 5.74) is -0.977. The van der Waals surface area contributed by atoms with Crippen LogP contribution in [0.3, 0.4) is 0 Å². The second-order valence-electron chi connectivity index (χ2n) is 3.87. The van der Waals surface area contributed by atoms with E-state index in [9.17, 15) is 19.7 Å². The van der Waals surface area contributed by atoms with Crippen LogP contribution in [-0.2, 0) is 9.53 Å². The predicted molar refractivity (Wildman–Crippen MR) is 71.3 cm³/mol. The number of pyridine rings is 1. The van der Waals surface area contributed by atoms with E-state index in [1.807, 2.05) is 0 Å². The number of methoxy groups -OCH3 is 1. The number of hydrogen-bond acceptors (Lipinski definition) is 6. The first-order chi connectivity index (χ1) is 9.88. The number of aliphatic carboxylic acids is 1. The molecule has 1 aromatic rings. The molecule has 0 aliphatic carbocycles. The van der Waals surface area contributed by atoms with E-state index in [1.54, 1.807) is 0 Å². The number of aromatic nitrogens is 1. The lowest BCUT2D eigenvalue weighted by molar-refractivity contribution is -0.385. The maximum absolute atomic E-state index is 12.3. The van der Waals surface area contributed by atoms with Gasteiger partial charge in [-0.15, -0.1) is 0 Å². The topological polar surface area (TPSA) is 123 Å². The smallest absolute Gasteiger partial charge is 0.323 e. The number of rotatable bonds is 7. The lowest BCUT2D eigenvalue weighted by Crippen LogP contribution is -2.38. The van der Waals surface area contributed by atoms with Crippen LogP contribution in [-0.4, -0.2) is 58.6 Å². The highest BCUT2D eigenvalue weighted by Gasteiger charge is 2.28. The highest BCUT2D eigenvalue weighted by molar-refractivity contribution is 6.32. The molecule has 21 heavy (non-hydrogen) atoms. The van der Waals surface area contributed by atoms with Crippen molar-refractivity contribution in [2.75, 3.05) is 26.8 Å². The van der Waals surface area contributed by atoms with Gasteiger partial charge in [0.25, 0.3) is 5.91 Å². The van der Waals surface area contributed by atoms with E-state index < -0.39 is 34.2 Å². The average Bonchev–Trinajstić information content (AvgIpc) is 2.41. The van der Waals surface area contributed by atoms with Gasteiger partial charge in [0, 0.05) is 19.9 Å². The lowest BCUT2D eigenvalue weighted by atomic mass is 10.2. The molecular formula is C11H12ClN3O6. The molecule has 0 bridgehead atoms. The fourth-order valence-electron chi connectivity index (χ4n) is 1.56. The molecule has 0 aromatic carbocycles. The van der Waals surface area contributed by atoms with E-state index in [0.29, 0.717) is 0 Å². The molecule has 0 radical (unpaired) electrons. The molecule has 0 saturated heterocycles. The summed E-state index contributed by atoms with van der Waals surface area (Å²) in [6, 6.07) is 1.12. The minimum atomic E-state index is -1.25. The molecule has 9 nitrogen and oxygen atoms in total. The summed E-state index contributed by atoms with van der Waals surface area (Å²) in [5, 5.41) is 19.3. The van der Waals surface area contributed by atoms with Crippen LogP contribution >= 0.6 is 11.6 Å². The lowest BCUT2D eigenvalue weighted by Gasteiger charge is -2.20. The van der Waals surface area contributed by atoms with Crippen molar-refractivity contribution in [3.05, 3.63) is 33.1 Å². The molecule has 0 spiro atoms. The second kappa shape index (κ2) is 7.50. The first-order valence-corrected chi connectivity index (χ1v) is 6.05. The van der Waals surface area contributed by atoms with Crippen LogP contribution in [0.25, 0.3) is 0 Å². The van der Waals surface area contributed by atoms with Crippen molar-refractivity contribution in [2.24, 2.45) is 0 Å². The van der Waals surface area contributed by atoms with Gasteiger partial charge >= 0.3 is 11.7 Å². The molecular weight excluding hydrogens is 306 g/mol. The molecule has 0 aliphatic heterocycles. The van der Waals surface area contributed by atoms with E-state index >= 15 is 0 Å². The third kappa shape index (κ3) is 4.36. The van der Waals surface area contributed by atoms with E-state index in [2.05, 4.69) is 4.98 Å². The molecule has 0 atom stereocenters. The fraction of sp³-hybridized carbons (Fsp3) is 0.364. The van der Waals surface area contributed by atoms with Crippen molar-refractivity contribution < 1.29 is 24.4 Å². The number of carbonyl (C=O) groups is 2. The summed E-state index contributed by atoms with van der Waals surface area (Å²) in [7, 11) is 1.38. The number of halogens is 1. The number of carbonyl (C=O) groups excluding carboxylic acids is 1. The number of ether oxygens (including phenoxy) is 1. The number of nitro groups is 1. The largest absolute Gasteiger partial charge is 0.480 e. The Labute approximate surface area is 124 Å². The maximum Gasteiger partial charge on any atom is 0.323 e. The summed E-state index contributed by atoms with van der Waals surface area (Å²) in [5.74, 6) is -2.08. The first-order valence-electron chi connectivity index (χ1n) is 5.67. The van der Waals surface area contributed by atoms with Gasteiger partial charge in [-0.3, -0.25) is 19.7 Å². The third-order valence-corrected chi connectivity index (χ3v) is 2.75. The van der Waals surface area contributed by atoms with Gasteiger partial charge in [-0.2, -0.15) is 0 Å². The first kappa shape index (κ1) is 16.8. The number of hydrogen-bond donors (Lipinski definition) is 1. The van der Waals surface area contributed by atoms with Gasteiger partial charge in [0.05, 0.1) is 11.5 Å². The SMILES string of the molecule is COCCN(CC(=O)O)C(=O)c1ccnc(Cl)c1[N+](=O)[O-]. The number of amides is 1. The average molecular weight is 318 g/mol. The van der Waals surface area contributed by atoms with Crippen molar-refractivity contribution >= 4 is 29.2 Å². The zero-order valence-corrected chi connectivity index (χ0v) is 11.7. The highest BCUT2D eigenvalue weighted by Crippen LogP contribution is 2.27.